The summed E-state index contributed by atoms with van der Waals surface area (Å²) in [6.45, 7) is 6.14. The van der Waals surface area contributed by atoms with Gasteiger partial charge >= 0.3 is 0 Å². The van der Waals surface area contributed by atoms with Crippen LogP contribution in [0.5, 0.6) is 0 Å². The van der Waals surface area contributed by atoms with Gasteiger partial charge in [-0.15, -0.1) is 0 Å². The molecule has 2 atom stereocenters. The predicted octanol–water partition coefficient (Wildman–Crippen LogP) is 3.03. The van der Waals surface area contributed by atoms with E-state index in [0.717, 1.165) is 12.8 Å². The summed E-state index contributed by atoms with van der Waals surface area (Å²) in [6, 6.07) is 10.2. The second-order valence-electron chi connectivity index (χ2n) is 4.33. The Morgan fingerprint density at radius 1 is 1.29 bits per heavy atom. The lowest BCUT2D eigenvalue weighted by Crippen LogP contribution is -2.34. The molecule has 0 aromatic heterocycles. The Morgan fingerprint density at radius 2 is 1.86 bits per heavy atom. The fraction of sp³-hybridized carbons (Fsp3) is 0.538. The summed E-state index contributed by atoms with van der Waals surface area (Å²) in [4.78, 5) is 0. The van der Waals surface area contributed by atoms with Crippen LogP contribution in [-0.2, 0) is 6.42 Å². The SMILES string of the molecule is CCC(C)C(C)(O)Cc1ccccc1. The summed E-state index contributed by atoms with van der Waals surface area (Å²) in [5, 5.41) is 10.2. The van der Waals surface area contributed by atoms with Crippen molar-refractivity contribution in [2.45, 2.75) is 39.2 Å². The summed E-state index contributed by atoms with van der Waals surface area (Å²) in [6.07, 6.45) is 1.75. The van der Waals surface area contributed by atoms with Gasteiger partial charge in [0, 0.05) is 6.42 Å². The van der Waals surface area contributed by atoms with Crippen LogP contribution < -0.4 is 0 Å². The van der Waals surface area contributed by atoms with Gasteiger partial charge in [-0.25, -0.2) is 0 Å². The van der Waals surface area contributed by atoms with Crippen LogP contribution in [0.25, 0.3) is 0 Å². The van der Waals surface area contributed by atoms with Crippen molar-refractivity contribution in [2.75, 3.05) is 0 Å². The zero-order valence-electron chi connectivity index (χ0n) is 9.33. The lowest BCUT2D eigenvalue weighted by atomic mass is 9.83. The molecule has 0 aliphatic carbocycles. The van der Waals surface area contributed by atoms with E-state index in [1.807, 2.05) is 25.1 Å². The summed E-state index contributed by atoms with van der Waals surface area (Å²) in [7, 11) is 0. The fourth-order valence-corrected chi connectivity index (χ4v) is 1.62. The van der Waals surface area contributed by atoms with Crippen molar-refractivity contribution in [3.63, 3.8) is 0 Å². The number of hydrogen-bond donors (Lipinski definition) is 1. The first-order valence-electron chi connectivity index (χ1n) is 5.32. The van der Waals surface area contributed by atoms with Gasteiger partial charge in [0.2, 0.25) is 0 Å². The second-order valence-corrected chi connectivity index (χ2v) is 4.33. The van der Waals surface area contributed by atoms with Crippen molar-refractivity contribution in [3.05, 3.63) is 35.9 Å². The Labute approximate surface area is 86.8 Å². The molecule has 0 aliphatic rings. The summed E-state index contributed by atoms with van der Waals surface area (Å²) < 4.78 is 0. The molecule has 0 bridgehead atoms. The van der Waals surface area contributed by atoms with Crippen molar-refractivity contribution in [3.8, 4) is 0 Å². The molecule has 1 heteroatoms. The Balaban J connectivity index is 2.68. The van der Waals surface area contributed by atoms with Gasteiger partial charge in [0.25, 0.3) is 0 Å². The van der Waals surface area contributed by atoms with Crippen LogP contribution in [0, 0.1) is 5.92 Å². The maximum Gasteiger partial charge on any atom is 0.0685 e. The molecule has 1 aromatic rings. The first kappa shape index (κ1) is 11.3. The Morgan fingerprint density at radius 3 is 2.36 bits per heavy atom. The van der Waals surface area contributed by atoms with Gasteiger partial charge in [0.1, 0.15) is 0 Å². The molecule has 0 saturated carbocycles. The monoisotopic (exact) mass is 192 g/mol. The molecule has 0 spiro atoms. The maximum absolute atomic E-state index is 10.2. The molecular formula is C13H20O. The molecule has 1 rings (SSSR count). The van der Waals surface area contributed by atoms with Crippen LogP contribution in [-0.4, -0.2) is 10.7 Å². The topological polar surface area (TPSA) is 20.2 Å². The van der Waals surface area contributed by atoms with Gasteiger partial charge in [-0.3, -0.25) is 0 Å². The highest BCUT2D eigenvalue weighted by atomic mass is 16.3. The standard InChI is InChI=1S/C13H20O/c1-4-11(2)13(3,14)10-12-8-6-5-7-9-12/h5-9,11,14H,4,10H2,1-3H3. The molecule has 0 radical (unpaired) electrons. The molecule has 78 valence electrons. The number of hydrogen-bond acceptors (Lipinski definition) is 1. The van der Waals surface area contributed by atoms with E-state index in [9.17, 15) is 5.11 Å². The van der Waals surface area contributed by atoms with Gasteiger partial charge in [-0.1, -0.05) is 50.6 Å². The highest BCUT2D eigenvalue weighted by molar-refractivity contribution is 5.16. The van der Waals surface area contributed by atoms with Gasteiger partial charge in [0.15, 0.2) is 0 Å². The summed E-state index contributed by atoms with van der Waals surface area (Å²) in [5.74, 6) is 0.336. The molecule has 0 saturated heterocycles. The average molecular weight is 192 g/mol. The molecule has 14 heavy (non-hydrogen) atoms. The lowest BCUT2D eigenvalue weighted by Gasteiger charge is -2.29. The summed E-state index contributed by atoms with van der Waals surface area (Å²) >= 11 is 0. The predicted molar refractivity (Wildman–Crippen MR) is 60.2 cm³/mol. The zero-order chi connectivity index (χ0) is 10.6. The highest BCUT2D eigenvalue weighted by Gasteiger charge is 2.26. The molecule has 0 heterocycles. The normalized spacial score (nSPS) is 17.4. The average Bonchev–Trinajstić information content (AvgIpc) is 2.17. The largest absolute Gasteiger partial charge is 0.390 e. The molecule has 2 unspecified atom stereocenters. The van der Waals surface area contributed by atoms with Crippen LogP contribution in [0.15, 0.2) is 30.3 Å². The van der Waals surface area contributed by atoms with Crippen molar-refractivity contribution < 1.29 is 5.11 Å². The molecule has 1 N–H and O–H groups in total. The van der Waals surface area contributed by atoms with Crippen molar-refractivity contribution in [1.29, 1.82) is 0 Å². The van der Waals surface area contributed by atoms with Gasteiger partial charge < -0.3 is 5.11 Å². The van der Waals surface area contributed by atoms with Crippen molar-refractivity contribution in [2.24, 2.45) is 5.92 Å². The van der Waals surface area contributed by atoms with Crippen molar-refractivity contribution >= 4 is 0 Å². The highest BCUT2D eigenvalue weighted by Crippen LogP contribution is 2.24. The minimum absolute atomic E-state index is 0.336. The fourth-order valence-electron chi connectivity index (χ4n) is 1.62. The lowest BCUT2D eigenvalue weighted by molar-refractivity contribution is 0.00517. The third-order valence-electron chi connectivity index (χ3n) is 3.08. The molecule has 1 nitrogen and oxygen atoms in total. The second kappa shape index (κ2) is 4.61. The van der Waals surface area contributed by atoms with Crippen LogP contribution >= 0.6 is 0 Å². The van der Waals surface area contributed by atoms with Crippen LogP contribution in [0.1, 0.15) is 32.8 Å². The molecule has 0 amide bonds. The minimum atomic E-state index is -0.587. The first-order chi connectivity index (χ1) is 6.56. The van der Waals surface area contributed by atoms with Gasteiger partial charge in [-0.05, 0) is 18.4 Å². The minimum Gasteiger partial charge on any atom is -0.390 e. The number of aliphatic hydroxyl groups is 1. The molecular weight excluding hydrogens is 172 g/mol. The van der Waals surface area contributed by atoms with Crippen LogP contribution in [0.4, 0.5) is 0 Å². The van der Waals surface area contributed by atoms with E-state index in [-0.39, 0.29) is 0 Å². The molecule has 0 aliphatic heterocycles. The van der Waals surface area contributed by atoms with Crippen LogP contribution in [0.2, 0.25) is 0 Å². The third-order valence-corrected chi connectivity index (χ3v) is 3.08. The smallest absolute Gasteiger partial charge is 0.0685 e. The first-order valence-corrected chi connectivity index (χ1v) is 5.32. The zero-order valence-corrected chi connectivity index (χ0v) is 9.33. The molecule has 1 aromatic carbocycles. The maximum atomic E-state index is 10.2. The molecule has 0 fully saturated rings. The van der Waals surface area contributed by atoms with Crippen molar-refractivity contribution in [1.82, 2.24) is 0 Å². The summed E-state index contributed by atoms with van der Waals surface area (Å²) in [5.41, 5.74) is 0.619. The Kier molecular flexibility index (Phi) is 3.70. The van der Waals surface area contributed by atoms with E-state index in [2.05, 4.69) is 26.0 Å². The van der Waals surface area contributed by atoms with E-state index in [0.29, 0.717) is 5.92 Å². The van der Waals surface area contributed by atoms with Gasteiger partial charge in [0.05, 0.1) is 5.60 Å². The Hall–Kier alpha value is -0.820. The van der Waals surface area contributed by atoms with E-state index in [4.69, 9.17) is 0 Å². The Bertz CT molecular complexity index is 264. The number of benzene rings is 1. The van der Waals surface area contributed by atoms with E-state index >= 15 is 0 Å². The van der Waals surface area contributed by atoms with E-state index in [1.54, 1.807) is 0 Å². The van der Waals surface area contributed by atoms with Crippen LogP contribution in [0.3, 0.4) is 0 Å². The number of rotatable bonds is 4. The quantitative estimate of drug-likeness (QED) is 0.777. The van der Waals surface area contributed by atoms with Gasteiger partial charge in [-0.2, -0.15) is 0 Å². The van der Waals surface area contributed by atoms with E-state index in [1.165, 1.54) is 5.56 Å². The van der Waals surface area contributed by atoms with E-state index < -0.39 is 5.60 Å². The third kappa shape index (κ3) is 2.85.